The highest BCUT2D eigenvalue weighted by molar-refractivity contribution is 9.10. The molecule has 88 valence electrons. The zero-order valence-corrected chi connectivity index (χ0v) is 11.4. The number of nitrogens with two attached hydrogens (primary N) is 1. The third kappa shape index (κ3) is 3.28. The van der Waals surface area contributed by atoms with Crippen molar-refractivity contribution in [3.63, 3.8) is 0 Å². The lowest BCUT2D eigenvalue weighted by molar-refractivity contribution is 0.696. The summed E-state index contributed by atoms with van der Waals surface area (Å²) in [5.74, 6) is 0. The van der Waals surface area contributed by atoms with E-state index in [0.29, 0.717) is 6.42 Å². The Morgan fingerprint density at radius 3 is 2.76 bits per heavy atom. The number of benzene rings is 1. The summed E-state index contributed by atoms with van der Waals surface area (Å²) in [4.78, 5) is 4.24. The van der Waals surface area contributed by atoms with E-state index < -0.39 is 0 Å². The quantitative estimate of drug-likeness (QED) is 0.938. The Labute approximate surface area is 114 Å². The largest absolute Gasteiger partial charge is 0.322 e. The van der Waals surface area contributed by atoms with Gasteiger partial charge in [-0.1, -0.05) is 39.7 Å². The molecule has 4 heteroatoms. The molecule has 0 amide bonds. The van der Waals surface area contributed by atoms with E-state index in [4.69, 9.17) is 17.3 Å². The Morgan fingerprint density at radius 1 is 1.29 bits per heavy atom. The van der Waals surface area contributed by atoms with Crippen LogP contribution >= 0.6 is 27.5 Å². The molecule has 1 unspecified atom stereocenters. The molecule has 2 nitrogen and oxygen atoms in total. The Kier molecular flexibility index (Phi) is 4.15. The first-order chi connectivity index (χ1) is 8.16. The van der Waals surface area contributed by atoms with Crippen LogP contribution in [0.4, 0.5) is 0 Å². The third-order valence-electron chi connectivity index (χ3n) is 2.52. The van der Waals surface area contributed by atoms with E-state index in [2.05, 4.69) is 20.9 Å². The van der Waals surface area contributed by atoms with Crippen LogP contribution in [0.5, 0.6) is 0 Å². The minimum atomic E-state index is -0.130. The van der Waals surface area contributed by atoms with Crippen LogP contribution in [0.2, 0.25) is 5.02 Å². The number of aromatic nitrogens is 1. The average Bonchev–Trinajstić information content (AvgIpc) is 2.34. The molecule has 0 saturated carbocycles. The summed E-state index contributed by atoms with van der Waals surface area (Å²) in [6.45, 7) is 0. The van der Waals surface area contributed by atoms with Gasteiger partial charge in [0, 0.05) is 15.7 Å². The molecule has 0 aliphatic heterocycles. The molecule has 2 N–H and O–H groups in total. The van der Waals surface area contributed by atoms with E-state index in [1.807, 2.05) is 36.4 Å². The predicted octanol–water partition coefficient (Wildman–Crippen LogP) is 3.74. The smallest absolute Gasteiger partial charge is 0.0574 e. The molecule has 0 bridgehead atoms. The van der Waals surface area contributed by atoms with E-state index in [1.54, 1.807) is 6.20 Å². The second kappa shape index (κ2) is 5.63. The molecule has 2 aromatic rings. The van der Waals surface area contributed by atoms with Crippen molar-refractivity contribution in [1.29, 1.82) is 0 Å². The maximum absolute atomic E-state index is 6.16. The van der Waals surface area contributed by atoms with Gasteiger partial charge in [-0.25, -0.2) is 0 Å². The predicted molar refractivity (Wildman–Crippen MR) is 74.0 cm³/mol. The van der Waals surface area contributed by atoms with E-state index >= 15 is 0 Å². The van der Waals surface area contributed by atoms with Crippen molar-refractivity contribution in [2.75, 3.05) is 0 Å². The Bertz CT molecular complexity index is 502. The number of pyridine rings is 1. The molecule has 2 rings (SSSR count). The summed E-state index contributed by atoms with van der Waals surface area (Å²) in [5.41, 5.74) is 8.02. The highest BCUT2D eigenvalue weighted by atomic mass is 79.9. The fourth-order valence-corrected chi connectivity index (χ4v) is 2.37. The van der Waals surface area contributed by atoms with Crippen molar-refractivity contribution in [3.8, 4) is 0 Å². The molecule has 1 heterocycles. The fourth-order valence-electron chi connectivity index (χ4n) is 1.62. The van der Waals surface area contributed by atoms with E-state index in [9.17, 15) is 0 Å². The lowest BCUT2D eigenvalue weighted by Crippen LogP contribution is -2.14. The Hall–Kier alpha value is -0.900. The van der Waals surface area contributed by atoms with E-state index in [-0.39, 0.29) is 6.04 Å². The van der Waals surface area contributed by atoms with Crippen LogP contribution in [0.25, 0.3) is 0 Å². The molecule has 17 heavy (non-hydrogen) atoms. The molecule has 0 aliphatic rings. The number of hydrogen-bond acceptors (Lipinski definition) is 2. The molecular weight excluding hydrogens is 300 g/mol. The molecule has 1 atom stereocenters. The molecular formula is C13H12BrClN2. The molecule has 0 spiro atoms. The van der Waals surface area contributed by atoms with Crippen LogP contribution < -0.4 is 5.73 Å². The standard InChI is InChI=1S/C13H12BrClN2/c14-10-5-4-9(11(15)8-10)7-12(16)13-3-1-2-6-17-13/h1-6,8,12H,7,16H2. The van der Waals surface area contributed by atoms with Gasteiger partial charge in [0.2, 0.25) is 0 Å². The first-order valence-corrected chi connectivity index (χ1v) is 6.44. The summed E-state index contributed by atoms with van der Waals surface area (Å²) in [6.07, 6.45) is 2.43. The van der Waals surface area contributed by atoms with Crippen molar-refractivity contribution < 1.29 is 0 Å². The van der Waals surface area contributed by atoms with Crippen molar-refractivity contribution >= 4 is 27.5 Å². The van der Waals surface area contributed by atoms with Gasteiger partial charge in [-0.15, -0.1) is 0 Å². The van der Waals surface area contributed by atoms with Gasteiger partial charge in [-0.2, -0.15) is 0 Å². The molecule has 0 radical (unpaired) electrons. The maximum atomic E-state index is 6.16. The minimum Gasteiger partial charge on any atom is -0.322 e. The van der Waals surface area contributed by atoms with Gasteiger partial charge in [0.15, 0.2) is 0 Å². The van der Waals surface area contributed by atoms with Crippen LogP contribution in [-0.4, -0.2) is 4.98 Å². The molecule has 1 aromatic heterocycles. The second-order valence-corrected chi connectivity index (χ2v) is 5.12. The van der Waals surface area contributed by atoms with Gasteiger partial charge in [0.1, 0.15) is 0 Å². The molecule has 0 aliphatic carbocycles. The van der Waals surface area contributed by atoms with Crippen LogP contribution in [0.3, 0.4) is 0 Å². The lowest BCUT2D eigenvalue weighted by atomic mass is 10.0. The highest BCUT2D eigenvalue weighted by Crippen LogP contribution is 2.24. The van der Waals surface area contributed by atoms with Gasteiger partial charge in [-0.05, 0) is 36.2 Å². The number of rotatable bonds is 3. The summed E-state index contributed by atoms with van der Waals surface area (Å²) >= 11 is 9.53. The van der Waals surface area contributed by atoms with Crippen molar-refractivity contribution in [2.24, 2.45) is 5.73 Å². The molecule has 1 aromatic carbocycles. The van der Waals surface area contributed by atoms with Crippen LogP contribution in [0, 0.1) is 0 Å². The topological polar surface area (TPSA) is 38.9 Å². The zero-order valence-electron chi connectivity index (χ0n) is 9.11. The summed E-state index contributed by atoms with van der Waals surface area (Å²) in [7, 11) is 0. The SMILES string of the molecule is NC(Cc1ccc(Br)cc1Cl)c1ccccn1. The number of hydrogen-bond donors (Lipinski definition) is 1. The normalized spacial score (nSPS) is 12.4. The van der Waals surface area contributed by atoms with E-state index in [1.165, 1.54) is 0 Å². The summed E-state index contributed by atoms with van der Waals surface area (Å²) < 4.78 is 0.970. The number of halogens is 2. The molecule has 0 saturated heterocycles. The average molecular weight is 312 g/mol. The van der Waals surface area contributed by atoms with Crippen molar-refractivity contribution in [2.45, 2.75) is 12.5 Å². The zero-order chi connectivity index (χ0) is 12.3. The minimum absolute atomic E-state index is 0.130. The Balaban J connectivity index is 2.16. The third-order valence-corrected chi connectivity index (χ3v) is 3.37. The number of nitrogens with zero attached hydrogens (tertiary/aromatic N) is 1. The second-order valence-electron chi connectivity index (χ2n) is 3.80. The van der Waals surface area contributed by atoms with Crippen LogP contribution in [-0.2, 0) is 6.42 Å². The van der Waals surface area contributed by atoms with Crippen molar-refractivity contribution in [1.82, 2.24) is 4.98 Å². The van der Waals surface area contributed by atoms with Crippen LogP contribution in [0.1, 0.15) is 17.3 Å². The maximum Gasteiger partial charge on any atom is 0.0574 e. The monoisotopic (exact) mass is 310 g/mol. The van der Waals surface area contributed by atoms with Gasteiger partial charge in [0.05, 0.1) is 11.7 Å². The Morgan fingerprint density at radius 2 is 2.12 bits per heavy atom. The van der Waals surface area contributed by atoms with Gasteiger partial charge in [0.25, 0.3) is 0 Å². The van der Waals surface area contributed by atoms with Gasteiger partial charge in [-0.3, -0.25) is 4.98 Å². The molecule has 0 fully saturated rings. The first-order valence-electron chi connectivity index (χ1n) is 5.27. The fraction of sp³-hybridized carbons (Fsp3) is 0.154. The van der Waals surface area contributed by atoms with Gasteiger partial charge < -0.3 is 5.73 Å². The summed E-state index contributed by atoms with van der Waals surface area (Å²) in [6, 6.07) is 11.4. The van der Waals surface area contributed by atoms with Gasteiger partial charge >= 0.3 is 0 Å². The lowest BCUT2D eigenvalue weighted by Gasteiger charge is -2.12. The van der Waals surface area contributed by atoms with Crippen LogP contribution in [0.15, 0.2) is 47.1 Å². The highest BCUT2D eigenvalue weighted by Gasteiger charge is 2.10. The van der Waals surface area contributed by atoms with E-state index in [0.717, 1.165) is 20.8 Å². The van der Waals surface area contributed by atoms with Crippen molar-refractivity contribution in [3.05, 3.63) is 63.3 Å². The summed E-state index contributed by atoms with van der Waals surface area (Å²) in [5, 5.41) is 0.728. The first kappa shape index (κ1) is 12.6.